The molecule has 0 aliphatic heterocycles. The van der Waals surface area contributed by atoms with E-state index in [9.17, 15) is 9.59 Å². The van der Waals surface area contributed by atoms with Gasteiger partial charge in [0.25, 0.3) is 5.56 Å². The van der Waals surface area contributed by atoms with Gasteiger partial charge >= 0.3 is 6.03 Å². The van der Waals surface area contributed by atoms with Crippen LogP contribution in [0.25, 0.3) is 16.6 Å². The summed E-state index contributed by atoms with van der Waals surface area (Å²) < 4.78 is 7.25. The first-order valence-electron chi connectivity index (χ1n) is 14.8. The third kappa shape index (κ3) is 6.61. The lowest BCUT2D eigenvalue weighted by Crippen LogP contribution is -2.42. The van der Waals surface area contributed by atoms with Crippen molar-refractivity contribution in [1.29, 1.82) is 0 Å². The highest BCUT2D eigenvalue weighted by Crippen LogP contribution is 2.28. The van der Waals surface area contributed by atoms with Gasteiger partial charge in [-0.05, 0) is 98.8 Å². The standard InChI is InChI=1S/C36H38N4O3/c1-5-33(34-38-32-15-11-10-14-31(32)35(41)40(34)29-19-16-25(3)26(4)24-29)39(23-22-27-12-8-7-9-13-27)36(42)37-28-17-20-30(21-18-28)43-6-2/h7-21,24,33H,5-6,22-23H2,1-4H3,(H,37,42). The number of hydrogen-bond donors (Lipinski definition) is 1. The minimum absolute atomic E-state index is 0.155. The normalized spacial score (nSPS) is 11.7. The molecule has 5 aromatic rings. The molecule has 7 heteroatoms. The zero-order chi connectivity index (χ0) is 30.3. The van der Waals surface area contributed by atoms with Crippen molar-refractivity contribution in [3.05, 3.63) is 130 Å². The summed E-state index contributed by atoms with van der Waals surface area (Å²) in [7, 11) is 0. The first-order valence-corrected chi connectivity index (χ1v) is 14.8. The van der Waals surface area contributed by atoms with Gasteiger partial charge in [0.05, 0.1) is 29.2 Å². The number of aromatic nitrogens is 2. The molecule has 0 radical (unpaired) electrons. The Kier molecular flexibility index (Phi) is 9.20. The molecule has 0 saturated heterocycles. The number of rotatable bonds is 10. The van der Waals surface area contributed by atoms with E-state index in [1.54, 1.807) is 15.5 Å². The Morgan fingerprint density at radius 3 is 2.33 bits per heavy atom. The lowest BCUT2D eigenvalue weighted by Gasteiger charge is -2.32. The van der Waals surface area contributed by atoms with Crippen LogP contribution in [-0.2, 0) is 6.42 Å². The van der Waals surface area contributed by atoms with Crippen LogP contribution < -0.4 is 15.6 Å². The number of aryl methyl sites for hydroxylation is 2. The molecule has 0 bridgehead atoms. The zero-order valence-electron chi connectivity index (χ0n) is 25.2. The van der Waals surface area contributed by atoms with Crippen LogP contribution in [-0.4, -0.2) is 33.6 Å². The monoisotopic (exact) mass is 574 g/mol. The van der Waals surface area contributed by atoms with Crippen molar-refractivity contribution in [3.63, 3.8) is 0 Å². The fourth-order valence-electron chi connectivity index (χ4n) is 5.32. The summed E-state index contributed by atoms with van der Waals surface area (Å²) in [6, 6.07) is 30.1. The number of nitrogens with zero attached hydrogens (tertiary/aromatic N) is 3. The molecule has 0 saturated carbocycles. The molecule has 0 spiro atoms. The number of nitrogens with one attached hydrogen (secondary N) is 1. The number of hydrogen-bond acceptors (Lipinski definition) is 4. The molecular weight excluding hydrogens is 536 g/mol. The molecule has 5 rings (SSSR count). The summed E-state index contributed by atoms with van der Waals surface area (Å²) >= 11 is 0. The molecular formula is C36H38N4O3. The second-order valence-electron chi connectivity index (χ2n) is 10.6. The van der Waals surface area contributed by atoms with E-state index in [-0.39, 0.29) is 11.6 Å². The lowest BCUT2D eigenvalue weighted by molar-refractivity contribution is 0.182. The van der Waals surface area contributed by atoms with Crippen molar-refractivity contribution in [3.8, 4) is 11.4 Å². The van der Waals surface area contributed by atoms with Crippen LogP contribution in [0, 0.1) is 13.8 Å². The molecule has 7 nitrogen and oxygen atoms in total. The van der Waals surface area contributed by atoms with Crippen molar-refractivity contribution < 1.29 is 9.53 Å². The second kappa shape index (κ2) is 13.4. The number of para-hydroxylation sites is 1. The van der Waals surface area contributed by atoms with E-state index in [0.717, 1.165) is 28.1 Å². The number of ether oxygens (including phenoxy) is 1. The molecule has 1 N–H and O–H groups in total. The van der Waals surface area contributed by atoms with Gasteiger partial charge in [-0.25, -0.2) is 9.78 Å². The number of urea groups is 1. The smallest absolute Gasteiger partial charge is 0.322 e. The minimum atomic E-state index is -0.481. The molecule has 1 atom stereocenters. The van der Waals surface area contributed by atoms with Crippen LogP contribution in [0.2, 0.25) is 0 Å². The Hall–Kier alpha value is -4.91. The van der Waals surface area contributed by atoms with Gasteiger partial charge in [0.15, 0.2) is 0 Å². The predicted molar refractivity (Wildman–Crippen MR) is 173 cm³/mol. The Morgan fingerprint density at radius 1 is 0.907 bits per heavy atom. The van der Waals surface area contributed by atoms with Gasteiger partial charge in [0.2, 0.25) is 0 Å². The lowest BCUT2D eigenvalue weighted by atomic mass is 10.1. The fourth-order valence-corrected chi connectivity index (χ4v) is 5.32. The predicted octanol–water partition coefficient (Wildman–Crippen LogP) is 7.63. The second-order valence-corrected chi connectivity index (χ2v) is 10.6. The average molecular weight is 575 g/mol. The van der Waals surface area contributed by atoms with Crippen LogP contribution in [0.5, 0.6) is 5.75 Å². The highest BCUT2D eigenvalue weighted by Gasteiger charge is 2.29. The molecule has 0 aliphatic carbocycles. The van der Waals surface area contributed by atoms with E-state index < -0.39 is 6.04 Å². The van der Waals surface area contributed by atoms with E-state index in [1.165, 1.54) is 0 Å². The first kappa shape index (κ1) is 29.6. The number of amides is 2. The molecule has 4 aromatic carbocycles. The van der Waals surface area contributed by atoms with E-state index in [1.807, 2.05) is 107 Å². The van der Waals surface area contributed by atoms with E-state index in [4.69, 9.17) is 9.72 Å². The molecule has 1 unspecified atom stereocenters. The fraction of sp³-hybridized carbons (Fsp3) is 0.250. The third-order valence-corrected chi connectivity index (χ3v) is 7.77. The quantitative estimate of drug-likeness (QED) is 0.186. The Labute approximate surface area is 252 Å². The van der Waals surface area contributed by atoms with Crippen molar-refractivity contribution in [1.82, 2.24) is 14.5 Å². The maximum Gasteiger partial charge on any atom is 0.322 e. The number of carbonyl (C=O) groups is 1. The molecule has 1 aromatic heterocycles. The van der Waals surface area contributed by atoms with Gasteiger partial charge < -0.3 is 15.0 Å². The number of fused-ring (bicyclic) bond motifs is 1. The summed E-state index contributed by atoms with van der Waals surface area (Å²) in [6.45, 7) is 9.04. The Bertz CT molecular complexity index is 1760. The summed E-state index contributed by atoms with van der Waals surface area (Å²) in [5.41, 5.74) is 5.17. The van der Waals surface area contributed by atoms with Crippen LogP contribution in [0.1, 0.15) is 48.8 Å². The third-order valence-electron chi connectivity index (χ3n) is 7.77. The number of benzene rings is 4. The maximum atomic E-state index is 14.1. The number of carbonyl (C=O) groups excluding carboxylic acids is 1. The topological polar surface area (TPSA) is 76.5 Å². The molecule has 1 heterocycles. The highest BCUT2D eigenvalue weighted by molar-refractivity contribution is 5.89. The van der Waals surface area contributed by atoms with Gasteiger partial charge in [-0.1, -0.05) is 55.5 Å². The Balaban J connectivity index is 1.61. The molecule has 0 fully saturated rings. The molecule has 220 valence electrons. The molecule has 2 amide bonds. The van der Waals surface area contributed by atoms with Crippen molar-refractivity contribution >= 4 is 22.6 Å². The van der Waals surface area contributed by atoms with Crippen LogP contribution in [0.15, 0.2) is 102 Å². The summed E-state index contributed by atoms with van der Waals surface area (Å²) in [5.74, 6) is 1.27. The average Bonchev–Trinajstić information content (AvgIpc) is 3.02. The minimum Gasteiger partial charge on any atom is -0.494 e. The number of anilines is 1. The van der Waals surface area contributed by atoms with Crippen LogP contribution in [0.4, 0.5) is 10.5 Å². The Morgan fingerprint density at radius 2 is 1.63 bits per heavy atom. The zero-order valence-corrected chi connectivity index (χ0v) is 25.2. The van der Waals surface area contributed by atoms with Gasteiger partial charge in [0.1, 0.15) is 11.6 Å². The van der Waals surface area contributed by atoms with E-state index in [2.05, 4.69) is 17.4 Å². The molecule has 0 aliphatic rings. The van der Waals surface area contributed by atoms with Gasteiger partial charge in [-0.2, -0.15) is 0 Å². The largest absolute Gasteiger partial charge is 0.494 e. The summed E-state index contributed by atoms with van der Waals surface area (Å²) in [5, 5.41) is 3.61. The van der Waals surface area contributed by atoms with Crippen molar-refractivity contribution in [2.24, 2.45) is 0 Å². The van der Waals surface area contributed by atoms with Crippen molar-refractivity contribution in [2.75, 3.05) is 18.5 Å². The van der Waals surface area contributed by atoms with Crippen LogP contribution in [0.3, 0.4) is 0 Å². The SMILES string of the molecule is CCOc1ccc(NC(=O)N(CCc2ccccc2)C(CC)c2nc3ccccc3c(=O)n2-c2ccc(C)c(C)c2)cc1. The van der Waals surface area contributed by atoms with Gasteiger partial charge in [-0.3, -0.25) is 9.36 Å². The summed E-state index contributed by atoms with van der Waals surface area (Å²) in [6.07, 6.45) is 1.20. The first-order chi connectivity index (χ1) is 20.9. The molecule has 43 heavy (non-hydrogen) atoms. The van der Waals surface area contributed by atoms with Gasteiger partial charge in [0, 0.05) is 12.2 Å². The van der Waals surface area contributed by atoms with E-state index in [0.29, 0.717) is 48.4 Å². The summed E-state index contributed by atoms with van der Waals surface area (Å²) in [4.78, 5) is 35.0. The van der Waals surface area contributed by atoms with Gasteiger partial charge in [-0.15, -0.1) is 0 Å². The van der Waals surface area contributed by atoms with Crippen LogP contribution >= 0.6 is 0 Å². The maximum absolute atomic E-state index is 14.1. The van der Waals surface area contributed by atoms with Crippen molar-refractivity contribution in [2.45, 2.75) is 46.6 Å². The highest BCUT2D eigenvalue weighted by atomic mass is 16.5. The van der Waals surface area contributed by atoms with E-state index >= 15 is 0 Å².